The monoisotopic (exact) mass is 278 g/mol. The maximum Gasteiger partial charge on any atom is 0.118 e. The Morgan fingerprint density at radius 3 is 2.31 bits per heavy atom. The van der Waals surface area contributed by atoms with Gasteiger partial charge < -0.3 is 9.84 Å². The number of ether oxygens (including phenoxy) is 1. The average molecular weight is 279 g/mol. The summed E-state index contributed by atoms with van der Waals surface area (Å²) in [7, 11) is 1.64. The van der Waals surface area contributed by atoms with E-state index in [4.69, 9.17) is 4.74 Å². The van der Waals surface area contributed by atoms with Crippen molar-refractivity contribution >= 4 is 15.9 Å². The summed E-state index contributed by atoms with van der Waals surface area (Å²) < 4.78 is 5.98. The highest BCUT2D eigenvalue weighted by molar-refractivity contribution is 9.10. The van der Waals surface area contributed by atoms with E-state index in [-0.39, 0.29) is 5.75 Å². The fourth-order valence-electron chi connectivity index (χ4n) is 1.51. The molecule has 2 aromatic rings. The molecule has 2 aromatic carbocycles. The minimum Gasteiger partial charge on any atom is -0.508 e. The molecule has 0 amide bonds. The van der Waals surface area contributed by atoms with Gasteiger partial charge in [-0.05, 0) is 41.5 Å². The number of methoxy groups -OCH3 is 1. The Labute approximate surface area is 103 Å². The topological polar surface area (TPSA) is 29.5 Å². The number of benzene rings is 2. The van der Waals surface area contributed by atoms with E-state index in [0.29, 0.717) is 0 Å². The molecule has 2 nitrogen and oxygen atoms in total. The molecule has 0 atom stereocenters. The van der Waals surface area contributed by atoms with Crippen LogP contribution in [-0.4, -0.2) is 12.2 Å². The second-order valence-electron chi connectivity index (χ2n) is 3.39. The highest BCUT2D eigenvalue weighted by Gasteiger charge is 2.03. The van der Waals surface area contributed by atoms with Crippen LogP contribution in [0.25, 0.3) is 11.1 Å². The minimum atomic E-state index is 0.254. The van der Waals surface area contributed by atoms with Gasteiger partial charge in [-0.2, -0.15) is 0 Å². The lowest BCUT2D eigenvalue weighted by molar-refractivity contribution is 0.415. The first kappa shape index (κ1) is 11.0. The van der Waals surface area contributed by atoms with Crippen LogP contribution in [0, 0.1) is 0 Å². The van der Waals surface area contributed by atoms with Crippen molar-refractivity contribution in [3.8, 4) is 22.6 Å². The Balaban J connectivity index is 2.42. The van der Waals surface area contributed by atoms with E-state index in [1.165, 1.54) is 0 Å². The summed E-state index contributed by atoms with van der Waals surface area (Å²) in [5, 5.41) is 9.32. The molecule has 3 heteroatoms. The highest BCUT2D eigenvalue weighted by Crippen LogP contribution is 2.31. The lowest BCUT2D eigenvalue weighted by atomic mass is 10.1. The number of aromatic hydroxyl groups is 1. The first-order chi connectivity index (χ1) is 7.70. The summed E-state index contributed by atoms with van der Waals surface area (Å²) in [5.41, 5.74) is 2.12. The van der Waals surface area contributed by atoms with E-state index in [0.717, 1.165) is 21.3 Å². The van der Waals surface area contributed by atoms with E-state index in [2.05, 4.69) is 15.9 Å². The van der Waals surface area contributed by atoms with Crippen molar-refractivity contribution in [1.82, 2.24) is 0 Å². The summed E-state index contributed by atoms with van der Waals surface area (Å²) in [5.74, 6) is 1.09. The fraction of sp³-hybridized carbons (Fsp3) is 0.0769. The molecule has 0 saturated carbocycles. The summed E-state index contributed by atoms with van der Waals surface area (Å²) >= 11 is 3.43. The number of phenols is 1. The zero-order valence-electron chi connectivity index (χ0n) is 8.77. The van der Waals surface area contributed by atoms with Crippen LogP contribution < -0.4 is 4.74 Å². The van der Waals surface area contributed by atoms with Gasteiger partial charge in [0, 0.05) is 4.47 Å². The fourth-order valence-corrected chi connectivity index (χ4v) is 2.10. The van der Waals surface area contributed by atoms with Crippen LogP contribution in [0.2, 0.25) is 0 Å². The van der Waals surface area contributed by atoms with Crippen molar-refractivity contribution in [2.24, 2.45) is 0 Å². The summed E-state index contributed by atoms with van der Waals surface area (Å²) in [4.78, 5) is 0. The van der Waals surface area contributed by atoms with Gasteiger partial charge in [-0.25, -0.2) is 0 Å². The van der Waals surface area contributed by atoms with Crippen molar-refractivity contribution in [2.45, 2.75) is 0 Å². The zero-order valence-corrected chi connectivity index (χ0v) is 10.4. The minimum absolute atomic E-state index is 0.254. The van der Waals surface area contributed by atoms with Crippen LogP contribution in [0.1, 0.15) is 0 Å². The predicted octanol–water partition coefficient (Wildman–Crippen LogP) is 3.83. The molecule has 0 aliphatic rings. The molecule has 0 saturated heterocycles. The number of halogens is 1. The molecule has 0 bridgehead atoms. The summed E-state index contributed by atoms with van der Waals surface area (Å²) in [6.07, 6.45) is 0. The van der Waals surface area contributed by atoms with E-state index < -0.39 is 0 Å². The third kappa shape index (κ3) is 2.19. The molecule has 0 heterocycles. The van der Waals surface area contributed by atoms with E-state index in [1.54, 1.807) is 19.2 Å². The van der Waals surface area contributed by atoms with Gasteiger partial charge in [-0.1, -0.05) is 28.1 Å². The molecule has 82 valence electrons. The van der Waals surface area contributed by atoms with Crippen LogP contribution in [-0.2, 0) is 0 Å². The quantitative estimate of drug-likeness (QED) is 0.905. The number of rotatable bonds is 2. The molecule has 0 aliphatic heterocycles. The summed E-state index contributed by atoms with van der Waals surface area (Å²) in [6, 6.07) is 13.0. The molecule has 16 heavy (non-hydrogen) atoms. The Morgan fingerprint density at radius 1 is 1.06 bits per heavy atom. The van der Waals surface area contributed by atoms with Gasteiger partial charge in [-0.3, -0.25) is 0 Å². The van der Waals surface area contributed by atoms with Crippen LogP contribution in [0.4, 0.5) is 0 Å². The SMILES string of the molecule is COc1ccc(-c2ccc(O)cc2Br)cc1. The molecule has 0 spiro atoms. The lowest BCUT2D eigenvalue weighted by Crippen LogP contribution is -1.83. The molecule has 0 aliphatic carbocycles. The number of hydrogen-bond donors (Lipinski definition) is 1. The second-order valence-corrected chi connectivity index (χ2v) is 4.25. The van der Waals surface area contributed by atoms with Crippen LogP contribution in [0.15, 0.2) is 46.9 Å². The van der Waals surface area contributed by atoms with E-state index in [1.807, 2.05) is 30.3 Å². The molecular formula is C13H11BrO2. The lowest BCUT2D eigenvalue weighted by Gasteiger charge is -2.06. The van der Waals surface area contributed by atoms with Gasteiger partial charge in [0.2, 0.25) is 0 Å². The van der Waals surface area contributed by atoms with Gasteiger partial charge in [0.15, 0.2) is 0 Å². The van der Waals surface area contributed by atoms with Gasteiger partial charge in [0.1, 0.15) is 11.5 Å². The molecule has 0 unspecified atom stereocenters. The van der Waals surface area contributed by atoms with Crippen molar-refractivity contribution < 1.29 is 9.84 Å². The van der Waals surface area contributed by atoms with E-state index in [9.17, 15) is 5.11 Å². The Hall–Kier alpha value is -1.48. The predicted molar refractivity (Wildman–Crippen MR) is 67.8 cm³/mol. The summed E-state index contributed by atoms with van der Waals surface area (Å²) in [6.45, 7) is 0. The third-order valence-electron chi connectivity index (χ3n) is 2.35. The van der Waals surface area contributed by atoms with Gasteiger partial charge in [0.25, 0.3) is 0 Å². The van der Waals surface area contributed by atoms with Crippen molar-refractivity contribution in [2.75, 3.05) is 7.11 Å². The van der Waals surface area contributed by atoms with Gasteiger partial charge >= 0.3 is 0 Å². The van der Waals surface area contributed by atoms with Crippen molar-refractivity contribution in [3.05, 3.63) is 46.9 Å². The number of hydrogen-bond acceptors (Lipinski definition) is 2. The molecular weight excluding hydrogens is 268 g/mol. The smallest absolute Gasteiger partial charge is 0.118 e. The van der Waals surface area contributed by atoms with Crippen molar-refractivity contribution in [3.63, 3.8) is 0 Å². The Morgan fingerprint density at radius 2 is 1.75 bits per heavy atom. The first-order valence-electron chi connectivity index (χ1n) is 4.83. The molecule has 2 rings (SSSR count). The maximum absolute atomic E-state index is 9.32. The van der Waals surface area contributed by atoms with Crippen LogP contribution in [0.5, 0.6) is 11.5 Å². The third-order valence-corrected chi connectivity index (χ3v) is 3.01. The largest absolute Gasteiger partial charge is 0.508 e. The highest BCUT2D eigenvalue weighted by atomic mass is 79.9. The first-order valence-corrected chi connectivity index (χ1v) is 5.63. The molecule has 0 aromatic heterocycles. The maximum atomic E-state index is 9.32. The molecule has 0 fully saturated rings. The standard InChI is InChI=1S/C13H11BrO2/c1-16-11-5-2-9(3-6-11)12-7-4-10(15)8-13(12)14/h2-8,15H,1H3. The van der Waals surface area contributed by atoms with Crippen molar-refractivity contribution in [1.29, 1.82) is 0 Å². The van der Waals surface area contributed by atoms with Crippen LogP contribution in [0.3, 0.4) is 0 Å². The number of phenolic OH excluding ortho intramolecular Hbond substituents is 1. The molecule has 1 N–H and O–H groups in total. The van der Waals surface area contributed by atoms with Crippen LogP contribution >= 0.6 is 15.9 Å². The van der Waals surface area contributed by atoms with Gasteiger partial charge in [-0.15, -0.1) is 0 Å². The Kier molecular flexibility index (Phi) is 3.15. The second kappa shape index (κ2) is 4.58. The van der Waals surface area contributed by atoms with Gasteiger partial charge in [0.05, 0.1) is 7.11 Å². The Bertz CT molecular complexity index is 492. The normalized spacial score (nSPS) is 10.1. The average Bonchev–Trinajstić information content (AvgIpc) is 2.29. The molecule has 0 radical (unpaired) electrons. The zero-order chi connectivity index (χ0) is 11.5. The van der Waals surface area contributed by atoms with E-state index >= 15 is 0 Å².